The van der Waals surface area contributed by atoms with E-state index in [2.05, 4.69) is 10.3 Å². The van der Waals surface area contributed by atoms with Crippen LogP contribution in [0.5, 0.6) is 5.75 Å². The fourth-order valence-corrected chi connectivity index (χ4v) is 3.50. The van der Waals surface area contributed by atoms with Crippen molar-refractivity contribution in [3.05, 3.63) is 53.1 Å². The third-order valence-electron chi connectivity index (χ3n) is 3.69. The number of ether oxygens (including phenoxy) is 1. The number of methoxy groups -OCH3 is 1. The van der Waals surface area contributed by atoms with Crippen molar-refractivity contribution in [2.75, 3.05) is 12.4 Å². The van der Waals surface area contributed by atoms with Gasteiger partial charge in [-0.1, -0.05) is 35.6 Å². The number of hydrogen-bond acceptors (Lipinski definition) is 4. The number of nitrogens with zero attached hydrogens (tertiary/aromatic N) is 1. The fraction of sp³-hybridized carbons (Fsp3) is 0.222. The standard InChI is InChI=1S/C18H18N2O2S/c1-11-5-4-6-15-17(11)20-18(23-15)19-16(21)10-13-7-8-14(22-3)12(2)9-13/h4-9H,10H2,1-3H3,(H,19,20,21). The van der Waals surface area contributed by atoms with Crippen molar-refractivity contribution in [3.63, 3.8) is 0 Å². The molecular weight excluding hydrogens is 308 g/mol. The Balaban J connectivity index is 1.73. The number of carbonyl (C=O) groups excluding carboxylic acids is 1. The minimum Gasteiger partial charge on any atom is -0.496 e. The third-order valence-corrected chi connectivity index (χ3v) is 4.63. The van der Waals surface area contributed by atoms with Crippen LogP contribution in [0.3, 0.4) is 0 Å². The quantitative estimate of drug-likeness (QED) is 0.785. The molecule has 0 unspecified atom stereocenters. The number of amides is 1. The molecule has 0 aliphatic rings. The van der Waals surface area contributed by atoms with E-state index in [1.807, 2.05) is 50.2 Å². The maximum absolute atomic E-state index is 12.2. The summed E-state index contributed by atoms with van der Waals surface area (Å²) in [5, 5.41) is 3.54. The van der Waals surface area contributed by atoms with E-state index < -0.39 is 0 Å². The highest BCUT2D eigenvalue weighted by atomic mass is 32.1. The van der Waals surface area contributed by atoms with Gasteiger partial charge in [-0.2, -0.15) is 0 Å². The van der Waals surface area contributed by atoms with Crippen molar-refractivity contribution in [2.45, 2.75) is 20.3 Å². The Morgan fingerprint density at radius 1 is 1.22 bits per heavy atom. The Kier molecular flexibility index (Phi) is 4.30. The lowest BCUT2D eigenvalue weighted by Crippen LogP contribution is -2.14. The van der Waals surface area contributed by atoms with Gasteiger partial charge in [0.1, 0.15) is 5.75 Å². The summed E-state index contributed by atoms with van der Waals surface area (Å²) < 4.78 is 6.32. The molecule has 2 aromatic carbocycles. The van der Waals surface area contributed by atoms with E-state index in [1.54, 1.807) is 7.11 Å². The lowest BCUT2D eigenvalue weighted by Gasteiger charge is -2.07. The van der Waals surface area contributed by atoms with Crippen LogP contribution in [-0.4, -0.2) is 18.0 Å². The molecule has 1 aromatic heterocycles. The van der Waals surface area contributed by atoms with Crippen LogP contribution in [0.15, 0.2) is 36.4 Å². The summed E-state index contributed by atoms with van der Waals surface area (Å²) in [6, 6.07) is 11.8. The number of para-hydroxylation sites is 1. The van der Waals surface area contributed by atoms with Crippen LogP contribution in [0.2, 0.25) is 0 Å². The molecule has 0 saturated carbocycles. The number of benzene rings is 2. The number of nitrogens with one attached hydrogen (secondary N) is 1. The summed E-state index contributed by atoms with van der Waals surface area (Å²) in [5.41, 5.74) is 4.05. The average molecular weight is 326 g/mol. The average Bonchev–Trinajstić information content (AvgIpc) is 2.91. The molecule has 0 fully saturated rings. The lowest BCUT2D eigenvalue weighted by atomic mass is 10.1. The maximum Gasteiger partial charge on any atom is 0.230 e. The molecule has 0 aliphatic heterocycles. The molecule has 4 nitrogen and oxygen atoms in total. The number of rotatable bonds is 4. The first-order valence-corrected chi connectivity index (χ1v) is 8.18. The van der Waals surface area contributed by atoms with E-state index in [0.29, 0.717) is 11.6 Å². The normalized spacial score (nSPS) is 10.7. The molecule has 3 aromatic rings. The molecular formula is C18H18N2O2S. The topological polar surface area (TPSA) is 51.2 Å². The van der Waals surface area contributed by atoms with Gasteiger partial charge in [0.25, 0.3) is 0 Å². The molecule has 1 heterocycles. The zero-order valence-corrected chi connectivity index (χ0v) is 14.2. The monoisotopic (exact) mass is 326 g/mol. The third kappa shape index (κ3) is 3.35. The summed E-state index contributed by atoms with van der Waals surface area (Å²) >= 11 is 1.50. The van der Waals surface area contributed by atoms with Gasteiger partial charge in [0.05, 0.1) is 23.7 Å². The zero-order chi connectivity index (χ0) is 16.4. The molecule has 0 aliphatic carbocycles. The second-order valence-corrected chi connectivity index (χ2v) is 6.50. The van der Waals surface area contributed by atoms with Crippen molar-refractivity contribution in [1.29, 1.82) is 0 Å². The molecule has 0 atom stereocenters. The molecule has 5 heteroatoms. The maximum atomic E-state index is 12.2. The van der Waals surface area contributed by atoms with Crippen molar-refractivity contribution in [3.8, 4) is 5.75 Å². The first kappa shape index (κ1) is 15.5. The van der Waals surface area contributed by atoms with Gasteiger partial charge in [0.2, 0.25) is 5.91 Å². The van der Waals surface area contributed by atoms with E-state index in [-0.39, 0.29) is 5.91 Å². The van der Waals surface area contributed by atoms with Crippen molar-refractivity contribution in [1.82, 2.24) is 4.98 Å². The summed E-state index contributed by atoms with van der Waals surface area (Å²) in [7, 11) is 1.64. The Morgan fingerprint density at radius 3 is 2.74 bits per heavy atom. The number of fused-ring (bicyclic) bond motifs is 1. The molecule has 0 saturated heterocycles. The van der Waals surface area contributed by atoms with Gasteiger partial charge in [-0.15, -0.1) is 0 Å². The second-order valence-electron chi connectivity index (χ2n) is 5.47. The largest absolute Gasteiger partial charge is 0.496 e. The molecule has 1 N–H and O–H groups in total. The van der Waals surface area contributed by atoms with Crippen molar-refractivity contribution >= 4 is 32.6 Å². The van der Waals surface area contributed by atoms with E-state index in [4.69, 9.17) is 4.74 Å². The number of carbonyl (C=O) groups is 1. The second kappa shape index (κ2) is 6.38. The zero-order valence-electron chi connectivity index (χ0n) is 13.3. The molecule has 23 heavy (non-hydrogen) atoms. The summed E-state index contributed by atoms with van der Waals surface area (Å²) in [6.07, 6.45) is 0.319. The molecule has 1 amide bonds. The Hall–Kier alpha value is -2.40. The Morgan fingerprint density at radius 2 is 2.04 bits per heavy atom. The van der Waals surface area contributed by atoms with Crippen LogP contribution < -0.4 is 10.1 Å². The van der Waals surface area contributed by atoms with Gasteiger partial charge in [-0.3, -0.25) is 4.79 Å². The van der Waals surface area contributed by atoms with Gasteiger partial charge in [0, 0.05) is 0 Å². The number of aryl methyl sites for hydroxylation is 2. The highest BCUT2D eigenvalue weighted by Crippen LogP contribution is 2.28. The van der Waals surface area contributed by atoms with Crippen LogP contribution in [0, 0.1) is 13.8 Å². The number of anilines is 1. The van der Waals surface area contributed by atoms with E-state index in [1.165, 1.54) is 11.3 Å². The fourth-order valence-electron chi connectivity index (χ4n) is 2.54. The predicted octanol–water partition coefficient (Wildman–Crippen LogP) is 4.10. The molecule has 3 rings (SSSR count). The lowest BCUT2D eigenvalue weighted by molar-refractivity contribution is -0.115. The number of aromatic nitrogens is 1. The van der Waals surface area contributed by atoms with Crippen molar-refractivity contribution < 1.29 is 9.53 Å². The molecule has 0 spiro atoms. The predicted molar refractivity (Wildman–Crippen MR) is 94.4 cm³/mol. The highest BCUT2D eigenvalue weighted by molar-refractivity contribution is 7.22. The van der Waals surface area contributed by atoms with Gasteiger partial charge >= 0.3 is 0 Å². The Labute approximate surface area is 139 Å². The highest BCUT2D eigenvalue weighted by Gasteiger charge is 2.10. The molecule has 118 valence electrons. The van der Waals surface area contributed by atoms with Crippen LogP contribution in [0.25, 0.3) is 10.2 Å². The van der Waals surface area contributed by atoms with Crippen molar-refractivity contribution in [2.24, 2.45) is 0 Å². The number of hydrogen-bond donors (Lipinski definition) is 1. The Bertz CT molecular complexity index is 871. The van der Waals surface area contributed by atoms with Gasteiger partial charge in [0.15, 0.2) is 5.13 Å². The van der Waals surface area contributed by atoms with Crippen LogP contribution in [0.4, 0.5) is 5.13 Å². The molecule has 0 bridgehead atoms. The minimum atomic E-state index is -0.0636. The summed E-state index contributed by atoms with van der Waals surface area (Å²) in [4.78, 5) is 16.7. The van der Waals surface area contributed by atoms with E-state index in [0.717, 1.165) is 32.7 Å². The summed E-state index contributed by atoms with van der Waals surface area (Å²) in [6.45, 7) is 3.99. The van der Waals surface area contributed by atoms with Crippen LogP contribution in [-0.2, 0) is 11.2 Å². The van der Waals surface area contributed by atoms with Gasteiger partial charge in [-0.25, -0.2) is 4.98 Å². The number of thiazole rings is 1. The first-order valence-electron chi connectivity index (χ1n) is 7.36. The summed E-state index contributed by atoms with van der Waals surface area (Å²) in [5.74, 6) is 0.766. The van der Waals surface area contributed by atoms with Crippen LogP contribution in [0.1, 0.15) is 16.7 Å². The minimum absolute atomic E-state index is 0.0636. The van der Waals surface area contributed by atoms with Gasteiger partial charge < -0.3 is 10.1 Å². The van der Waals surface area contributed by atoms with E-state index in [9.17, 15) is 4.79 Å². The molecule has 0 radical (unpaired) electrons. The smallest absolute Gasteiger partial charge is 0.230 e. The SMILES string of the molecule is COc1ccc(CC(=O)Nc2nc3c(C)cccc3s2)cc1C. The van der Waals surface area contributed by atoms with E-state index >= 15 is 0 Å². The van der Waals surface area contributed by atoms with Crippen LogP contribution >= 0.6 is 11.3 Å². The first-order chi connectivity index (χ1) is 11.1. The van der Waals surface area contributed by atoms with Gasteiger partial charge in [-0.05, 0) is 42.7 Å².